The summed E-state index contributed by atoms with van der Waals surface area (Å²) in [5.74, 6) is 0.609. The summed E-state index contributed by atoms with van der Waals surface area (Å²) in [5.41, 5.74) is 1.33. The smallest absolute Gasteiger partial charge is 0.172 e. The number of aldehydes is 1. The lowest BCUT2D eigenvalue weighted by molar-refractivity contribution is 0.112. The summed E-state index contributed by atoms with van der Waals surface area (Å²) in [4.78, 5) is 18.6. The fourth-order valence-corrected chi connectivity index (χ4v) is 1.17. The maximum Gasteiger partial charge on any atom is 0.172 e. The van der Waals surface area contributed by atoms with Crippen molar-refractivity contribution in [2.45, 2.75) is 6.92 Å². The molecule has 0 fully saturated rings. The summed E-state index contributed by atoms with van der Waals surface area (Å²) in [6.07, 6.45) is 7.04. The van der Waals surface area contributed by atoms with E-state index in [1.54, 1.807) is 23.3 Å². The number of carbonyl (C=O) groups is 1. The minimum Gasteiger partial charge on any atom is -0.298 e. The third-order valence-electron chi connectivity index (χ3n) is 1.94. The van der Waals surface area contributed by atoms with Crippen LogP contribution < -0.4 is 0 Å². The predicted octanol–water partition coefficient (Wildman–Crippen LogP) is 0.783. The van der Waals surface area contributed by atoms with Gasteiger partial charge in [0.15, 0.2) is 12.1 Å². The molecule has 0 bridgehead atoms. The molecule has 70 valence electrons. The van der Waals surface area contributed by atoms with Crippen LogP contribution in [0.4, 0.5) is 0 Å². The first-order valence-electron chi connectivity index (χ1n) is 4.09. The topological polar surface area (TPSA) is 60.7 Å². The Bertz CT molecular complexity index is 449. The van der Waals surface area contributed by atoms with Crippen molar-refractivity contribution in [1.82, 2.24) is 19.7 Å². The highest BCUT2D eigenvalue weighted by atomic mass is 16.1. The molecule has 0 aliphatic rings. The van der Waals surface area contributed by atoms with Gasteiger partial charge in [-0.2, -0.15) is 5.10 Å². The van der Waals surface area contributed by atoms with Crippen molar-refractivity contribution in [1.29, 1.82) is 0 Å². The molecule has 2 aromatic heterocycles. The van der Waals surface area contributed by atoms with Crippen LogP contribution >= 0.6 is 0 Å². The van der Waals surface area contributed by atoms with Gasteiger partial charge < -0.3 is 0 Å². The molecule has 0 aliphatic carbocycles. The molecule has 0 aromatic carbocycles. The SMILES string of the molecule is Cc1c(C=O)cnn1-c1cnccn1. The van der Waals surface area contributed by atoms with Crippen molar-refractivity contribution in [3.63, 3.8) is 0 Å². The maximum absolute atomic E-state index is 10.6. The van der Waals surface area contributed by atoms with Crippen LogP contribution in [-0.4, -0.2) is 26.0 Å². The molecule has 0 unspecified atom stereocenters. The standard InChI is InChI=1S/C9H8N4O/c1-7-8(6-14)4-12-13(7)9-5-10-2-3-11-9/h2-6H,1H3. The van der Waals surface area contributed by atoms with Crippen LogP contribution in [0.15, 0.2) is 24.8 Å². The number of carbonyl (C=O) groups excluding carboxylic acids is 1. The van der Waals surface area contributed by atoms with Crippen molar-refractivity contribution >= 4 is 6.29 Å². The normalized spacial score (nSPS) is 10.1. The van der Waals surface area contributed by atoms with E-state index in [9.17, 15) is 4.79 Å². The van der Waals surface area contributed by atoms with Gasteiger partial charge in [-0.3, -0.25) is 9.78 Å². The third kappa shape index (κ3) is 1.28. The van der Waals surface area contributed by atoms with E-state index in [1.807, 2.05) is 6.92 Å². The monoisotopic (exact) mass is 188 g/mol. The highest BCUT2D eigenvalue weighted by molar-refractivity contribution is 5.76. The first kappa shape index (κ1) is 8.55. The lowest BCUT2D eigenvalue weighted by atomic mass is 10.3. The Morgan fingerprint density at radius 2 is 2.21 bits per heavy atom. The summed E-state index contributed by atoms with van der Waals surface area (Å²) < 4.78 is 1.58. The van der Waals surface area contributed by atoms with Gasteiger partial charge in [-0.15, -0.1) is 0 Å². The lowest BCUT2D eigenvalue weighted by Gasteiger charge is -2.00. The van der Waals surface area contributed by atoms with Gasteiger partial charge in [-0.1, -0.05) is 0 Å². The molecule has 0 radical (unpaired) electrons. The van der Waals surface area contributed by atoms with E-state index < -0.39 is 0 Å². The van der Waals surface area contributed by atoms with Crippen molar-refractivity contribution in [3.8, 4) is 5.82 Å². The molecule has 0 saturated carbocycles. The van der Waals surface area contributed by atoms with Crippen LogP contribution in [0.5, 0.6) is 0 Å². The Hall–Kier alpha value is -2.04. The van der Waals surface area contributed by atoms with Crippen LogP contribution in [0.3, 0.4) is 0 Å². The minimum atomic E-state index is 0.565. The molecule has 0 N–H and O–H groups in total. The molecule has 5 heteroatoms. The Morgan fingerprint density at radius 1 is 1.36 bits per heavy atom. The molecule has 0 aliphatic heterocycles. The van der Waals surface area contributed by atoms with Gasteiger partial charge in [0.1, 0.15) is 0 Å². The fraction of sp³-hybridized carbons (Fsp3) is 0.111. The number of hydrogen-bond donors (Lipinski definition) is 0. The summed E-state index contributed by atoms with van der Waals surface area (Å²) in [5, 5.41) is 4.04. The second-order valence-corrected chi connectivity index (χ2v) is 2.78. The molecule has 0 spiro atoms. The number of rotatable bonds is 2. The van der Waals surface area contributed by atoms with Crippen LogP contribution in [-0.2, 0) is 0 Å². The quantitative estimate of drug-likeness (QED) is 0.653. The zero-order chi connectivity index (χ0) is 9.97. The third-order valence-corrected chi connectivity index (χ3v) is 1.94. The summed E-state index contributed by atoms with van der Waals surface area (Å²) in [6, 6.07) is 0. The van der Waals surface area contributed by atoms with Gasteiger partial charge in [0.05, 0.1) is 23.7 Å². The van der Waals surface area contributed by atoms with Crippen LogP contribution in [0.2, 0.25) is 0 Å². The van der Waals surface area contributed by atoms with E-state index in [1.165, 1.54) is 6.20 Å². The Morgan fingerprint density at radius 3 is 2.79 bits per heavy atom. The van der Waals surface area contributed by atoms with Gasteiger partial charge in [0, 0.05) is 12.4 Å². The first-order valence-corrected chi connectivity index (χ1v) is 4.09. The minimum absolute atomic E-state index is 0.565. The van der Waals surface area contributed by atoms with Gasteiger partial charge in [0.25, 0.3) is 0 Å². The van der Waals surface area contributed by atoms with Crippen LogP contribution in [0.1, 0.15) is 16.1 Å². The van der Waals surface area contributed by atoms with E-state index in [4.69, 9.17) is 0 Å². The molecule has 2 heterocycles. The van der Waals surface area contributed by atoms with Gasteiger partial charge in [0.2, 0.25) is 0 Å². The van der Waals surface area contributed by atoms with E-state index in [-0.39, 0.29) is 0 Å². The molecule has 2 rings (SSSR count). The Labute approximate surface area is 80.4 Å². The molecule has 0 amide bonds. The maximum atomic E-state index is 10.6. The zero-order valence-corrected chi connectivity index (χ0v) is 7.58. The number of hydrogen-bond acceptors (Lipinski definition) is 4. The van der Waals surface area contributed by atoms with Gasteiger partial charge in [-0.25, -0.2) is 9.67 Å². The second-order valence-electron chi connectivity index (χ2n) is 2.78. The summed E-state index contributed by atoms with van der Waals surface area (Å²) >= 11 is 0. The predicted molar refractivity (Wildman–Crippen MR) is 49.3 cm³/mol. The van der Waals surface area contributed by atoms with Crippen LogP contribution in [0, 0.1) is 6.92 Å². The van der Waals surface area contributed by atoms with E-state index in [2.05, 4.69) is 15.1 Å². The molecular formula is C9H8N4O. The first-order chi connectivity index (χ1) is 6.83. The van der Waals surface area contributed by atoms with E-state index in [0.29, 0.717) is 11.4 Å². The molecule has 0 atom stereocenters. The molecule has 2 aromatic rings. The average Bonchev–Trinajstić information content (AvgIpc) is 2.61. The van der Waals surface area contributed by atoms with Crippen molar-refractivity contribution < 1.29 is 4.79 Å². The molecule has 5 nitrogen and oxygen atoms in total. The average molecular weight is 188 g/mol. The molecule has 14 heavy (non-hydrogen) atoms. The number of nitrogens with zero attached hydrogens (tertiary/aromatic N) is 4. The lowest BCUT2D eigenvalue weighted by Crippen LogP contribution is -2.02. The zero-order valence-electron chi connectivity index (χ0n) is 7.58. The molecule has 0 saturated heterocycles. The van der Waals surface area contributed by atoms with E-state index >= 15 is 0 Å². The van der Waals surface area contributed by atoms with Gasteiger partial charge >= 0.3 is 0 Å². The highest BCUT2D eigenvalue weighted by Crippen LogP contribution is 2.08. The van der Waals surface area contributed by atoms with Crippen molar-refractivity contribution in [2.75, 3.05) is 0 Å². The van der Waals surface area contributed by atoms with Crippen molar-refractivity contribution in [3.05, 3.63) is 36.0 Å². The van der Waals surface area contributed by atoms with Gasteiger partial charge in [-0.05, 0) is 6.92 Å². The Balaban J connectivity index is 2.53. The Kier molecular flexibility index (Phi) is 2.06. The number of aromatic nitrogens is 4. The van der Waals surface area contributed by atoms with Crippen molar-refractivity contribution in [2.24, 2.45) is 0 Å². The fourth-order valence-electron chi connectivity index (χ4n) is 1.17. The molecular weight excluding hydrogens is 180 g/mol. The summed E-state index contributed by atoms with van der Waals surface area (Å²) in [7, 11) is 0. The van der Waals surface area contributed by atoms with E-state index in [0.717, 1.165) is 12.0 Å². The largest absolute Gasteiger partial charge is 0.298 e. The van der Waals surface area contributed by atoms with Crippen LogP contribution in [0.25, 0.3) is 5.82 Å². The second kappa shape index (κ2) is 3.37. The highest BCUT2D eigenvalue weighted by Gasteiger charge is 2.07. The summed E-state index contributed by atoms with van der Waals surface area (Å²) in [6.45, 7) is 1.81.